The Bertz CT molecular complexity index is 1700. The molecule has 5 rings (SSSR count). The number of alkyl halides is 3. The molecule has 256 valence electrons. The van der Waals surface area contributed by atoms with Crippen LogP contribution in [0.5, 0.6) is 5.75 Å². The van der Waals surface area contributed by atoms with Crippen molar-refractivity contribution in [2.24, 2.45) is 0 Å². The molecule has 2 heterocycles. The van der Waals surface area contributed by atoms with Gasteiger partial charge in [0, 0.05) is 56.7 Å². The lowest BCUT2D eigenvalue weighted by molar-refractivity contribution is -0.137. The minimum atomic E-state index is -4.75. The highest BCUT2D eigenvalue weighted by Crippen LogP contribution is 2.41. The number of halogens is 3. The molecule has 1 aliphatic heterocycles. The minimum absolute atomic E-state index is 0.0593. The van der Waals surface area contributed by atoms with Gasteiger partial charge in [0.2, 0.25) is 16.0 Å². The van der Waals surface area contributed by atoms with Gasteiger partial charge in [-0.25, -0.2) is 13.4 Å². The number of hydrogen-bond donors (Lipinski definition) is 2. The molecule has 1 aromatic heterocycles. The number of aromatic nitrogens is 2. The van der Waals surface area contributed by atoms with Crippen molar-refractivity contribution in [2.75, 3.05) is 62.1 Å². The molecule has 47 heavy (non-hydrogen) atoms. The van der Waals surface area contributed by atoms with E-state index in [4.69, 9.17) is 4.74 Å². The summed E-state index contributed by atoms with van der Waals surface area (Å²) in [5.41, 5.74) is 3.26. The summed E-state index contributed by atoms with van der Waals surface area (Å²) in [6.45, 7) is 12.3. The summed E-state index contributed by atoms with van der Waals surface area (Å²) in [5.74, 6) is 0.00759. The molecule has 1 saturated heterocycles. The molecule has 2 aliphatic rings. The lowest BCUT2D eigenvalue weighted by atomic mass is 10.0. The topological polar surface area (TPSA) is 103 Å². The third kappa shape index (κ3) is 7.44. The summed E-state index contributed by atoms with van der Waals surface area (Å²) >= 11 is 0. The number of nitrogens with zero attached hydrogens (tertiary/aromatic N) is 5. The van der Waals surface area contributed by atoms with E-state index in [-0.39, 0.29) is 11.5 Å². The number of rotatable bonds is 9. The first-order chi connectivity index (χ1) is 22.0. The van der Waals surface area contributed by atoms with Crippen LogP contribution in [0.3, 0.4) is 0 Å². The van der Waals surface area contributed by atoms with E-state index in [0.717, 1.165) is 67.4 Å². The van der Waals surface area contributed by atoms with Gasteiger partial charge in [-0.3, -0.25) is 4.90 Å². The van der Waals surface area contributed by atoms with Crippen molar-refractivity contribution in [2.45, 2.75) is 64.3 Å². The van der Waals surface area contributed by atoms with E-state index < -0.39 is 39.7 Å². The number of likely N-dealkylation sites (N-methyl/N-ethyl adjacent to an activating group) is 1. The van der Waals surface area contributed by atoms with Crippen molar-refractivity contribution in [1.82, 2.24) is 19.2 Å². The van der Waals surface area contributed by atoms with Crippen LogP contribution in [0.25, 0.3) is 0 Å². The number of piperazine rings is 1. The standard InChI is InChI=1S/C33H44F3N7O3S/c1-8-21-17-25(28(46-6)19-27(21)42-13-15-43(16-14-42)32(2,3)4)39-31-37-20-24(33(34,35)36)30(40-31)38-26-18-22-11-9-10-12-23(22)29(26)41(5)47(7,44)45/h9-12,17,19-20,26,29H,8,13-16,18H2,1-7H3,(H2,37,38,39,40)/t26-,29-/m1/s1. The van der Waals surface area contributed by atoms with E-state index in [2.05, 4.69) is 58.1 Å². The van der Waals surface area contributed by atoms with Crippen LogP contribution in [0, 0.1) is 0 Å². The van der Waals surface area contributed by atoms with E-state index >= 15 is 0 Å². The van der Waals surface area contributed by atoms with Crippen molar-refractivity contribution < 1.29 is 26.3 Å². The van der Waals surface area contributed by atoms with Crippen molar-refractivity contribution in [1.29, 1.82) is 0 Å². The highest BCUT2D eigenvalue weighted by Gasteiger charge is 2.41. The second kappa shape index (κ2) is 13.1. The Kier molecular flexibility index (Phi) is 9.69. The largest absolute Gasteiger partial charge is 0.494 e. The van der Waals surface area contributed by atoms with E-state index in [0.29, 0.717) is 17.9 Å². The fourth-order valence-electron chi connectivity index (χ4n) is 6.49. The molecule has 1 aliphatic carbocycles. The Balaban J connectivity index is 1.46. The number of hydrogen-bond acceptors (Lipinski definition) is 9. The summed E-state index contributed by atoms with van der Waals surface area (Å²) in [5, 5.41) is 6.04. The van der Waals surface area contributed by atoms with Crippen LogP contribution >= 0.6 is 0 Å². The van der Waals surface area contributed by atoms with Gasteiger partial charge in [0.1, 0.15) is 17.1 Å². The van der Waals surface area contributed by atoms with E-state index in [1.54, 1.807) is 19.2 Å². The quantitative estimate of drug-likeness (QED) is 0.296. The molecule has 0 bridgehead atoms. The lowest BCUT2D eigenvalue weighted by Crippen LogP contribution is -2.53. The predicted octanol–water partition coefficient (Wildman–Crippen LogP) is 5.70. The van der Waals surface area contributed by atoms with Crippen LogP contribution in [0.2, 0.25) is 0 Å². The molecule has 0 spiro atoms. The number of anilines is 4. The fraction of sp³-hybridized carbons (Fsp3) is 0.515. The van der Waals surface area contributed by atoms with Gasteiger partial charge in [-0.1, -0.05) is 31.2 Å². The molecule has 10 nitrogen and oxygen atoms in total. The Morgan fingerprint density at radius 3 is 2.36 bits per heavy atom. The Labute approximate surface area is 275 Å². The Morgan fingerprint density at radius 1 is 1.09 bits per heavy atom. The zero-order chi connectivity index (χ0) is 34.3. The van der Waals surface area contributed by atoms with E-state index in [1.807, 2.05) is 24.3 Å². The van der Waals surface area contributed by atoms with Crippen LogP contribution in [-0.2, 0) is 29.0 Å². The van der Waals surface area contributed by atoms with Crippen LogP contribution < -0.4 is 20.3 Å². The number of benzene rings is 2. The van der Waals surface area contributed by atoms with Gasteiger partial charge in [0.25, 0.3) is 0 Å². The Morgan fingerprint density at radius 2 is 1.77 bits per heavy atom. The van der Waals surface area contributed by atoms with Gasteiger partial charge in [-0.05, 0) is 56.4 Å². The highest BCUT2D eigenvalue weighted by molar-refractivity contribution is 7.88. The SMILES string of the molecule is CCc1cc(Nc2ncc(C(F)(F)F)c(N[C@@H]3Cc4ccccc4[C@H]3N(C)S(C)(=O)=O)n2)c(OC)cc1N1CCN(C(C)(C)C)CC1. The molecule has 0 unspecified atom stereocenters. The molecule has 2 atom stereocenters. The van der Waals surface area contributed by atoms with Gasteiger partial charge < -0.3 is 20.3 Å². The third-order valence-corrected chi connectivity index (χ3v) is 10.4. The monoisotopic (exact) mass is 675 g/mol. The van der Waals surface area contributed by atoms with Gasteiger partial charge in [0.15, 0.2) is 0 Å². The molecule has 3 aromatic rings. The molecule has 14 heteroatoms. The first kappa shape index (κ1) is 34.7. The van der Waals surface area contributed by atoms with Crippen molar-refractivity contribution in [3.8, 4) is 5.75 Å². The maximum atomic E-state index is 14.2. The van der Waals surface area contributed by atoms with Crippen LogP contribution in [0.1, 0.15) is 56.0 Å². The predicted molar refractivity (Wildman–Crippen MR) is 179 cm³/mol. The summed E-state index contributed by atoms with van der Waals surface area (Å²) < 4.78 is 74.8. The second-order valence-corrected chi connectivity index (χ2v) is 15.2. The molecule has 0 amide bonds. The van der Waals surface area contributed by atoms with Crippen LogP contribution in [-0.4, -0.2) is 85.8 Å². The number of aryl methyl sites for hydroxylation is 1. The van der Waals surface area contributed by atoms with Gasteiger partial charge in [-0.2, -0.15) is 22.5 Å². The molecule has 0 radical (unpaired) electrons. The molecule has 0 saturated carbocycles. The van der Waals surface area contributed by atoms with Crippen molar-refractivity contribution in [3.63, 3.8) is 0 Å². The normalized spacial score (nSPS) is 19.2. The van der Waals surface area contributed by atoms with Crippen LogP contribution in [0.4, 0.5) is 36.3 Å². The average Bonchev–Trinajstić information content (AvgIpc) is 3.36. The lowest BCUT2D eigenvalue weighted by Gasteiger charge is -2.43. The summed E-state index contributed by atoms with van der Waals surface area (Å²) in [6, 6.07) is 9.70. The first-order valence-electron chi connectivity index (χ1n) is 15.7. The van der Waals surface area contributed by atoms with Gasteiger partial charge >= 0.3 is 6.18 Å². The molecule has 2 N–H and O–H groups in total. The minimum Gasteiger partial charge on any atom is -0.494 e. The molecule has 1 fully saturated rings. The molecule has 2 aromatic carbocycles. The van der Waals surface area contributed by atoms with E-state index in [1.165, 1.54) is 11.4 Å². The maximum absolute atomic E-state index is 14.2. The number of nitrogens with one attached hydrogen (secondary N) is 2. The summed E-state index contributed by atoms with van der Waals surface area (Å²) in [7, 11) is -0.694. The summed E-state index contributed by atoms with van der Waals surface area (Å²) in [4.78, 5) is 13.1. The van der Waals surface area contributed by atoms with Crippen LogP contribution in [0.15, 0.2) is 42.6 Å². The zero-order valence-corrected chi connectivity index (χ0v) is 28.8. The second-order valence-electron chi connectivity index (χ2n) is 13.1. The van der Waals surface area contributed by atoms with Gasteiger partial charge in [-0.15, -0.1) is 0 Å². The van der Waals surface area contributed by atoms with E-state index in [9.17, 15) is 21.6 Å². The van der Waals surface area contributed by atoms with Crippen molar-refractivity contribution in [3.05, 3.63) is 64.8 Å². The number of methoxy groups -OCH3 is 1. The average molecular weight is 676 g/mol. The maximum Gasteiger partial charge on any atom is 0.421 e. The molecular formula is C33H44F3N7O3S. The number of fused-ring (bicyclic) bond motifs is 1. The smallest absolute Gasteiger partial charge is 0.421 e. The zero-order valence-electron chi connectivity index (χ0n) is 27.9. The fourth-order valence-corrected chi connectivity index (χ4v) is 7.16. The van der Waals surface area contributed by atoms with Gasteiger partial charge in [0.05, 0.1) is 31.1 Å². The summed E-state index contributed by atoms with van der Waals surface area (Å²) in [6.07, 6.45) is -1.90. The Hall–Kier alpha value is -3.62. The number of ether oxygens (including phenoxy) is 1. The highest BCUT2D eigenvalue weighted by atomic mass is 32.2. The third-order valence-electron chi connectivity index (χ3n) is 9.12. The van der Waals surface area contributed by atoms with Crippen molar-refractivity contribution >= 4 is 33.2 Å². The number of sulfonamides is 1. The molecular weight excluding hydrogens is 631 g/mol. The first-order valence-corrected chi connectivity index (χ1v) is 17.6.